The van der Waals surface area contributed by atoms with Gasteiger partial charge in [-0.25, -0.2) is 0 Å². The number of hydrogen-bond acceptors (Lipinski definition) is 6. The van der Waals surface area contributed by atoms with Crippen LogP contribution in [-0.4, -0.2) is 34.0 Å². The average Bonchev–Trinajstić information content (AvgIpc) is 3.18. The molecule has 126 valence electrons. The molecular formula is C17H20N4O2S. The van der Waals surface area contributed by atoms with Gasteiger partial charge in [0.25, 0.3) is 0 Å². The van der Waals surface area contributed by atoms with E-state index in [4.69, 9.17) is 9.47 Å². The zero-order valence-corrected chi connectivity index (χ0v) is 14.8. The normalized spacial score (nSPS) is 11.5. The Morgan fingerprint density at radius 3 is 2.71 bits per heavy atom. The minimum atomic E-state index is 0.708. The minimum absolute atomic E-state index is 0.708. The molecule has 0 fully saturated rings. The number of ether oxygens (including phenoxy) is 2. The molecule has 24 heavy (non-hydrogen) atoms. The first-order chi connectivity index (χ1) is 11.7. The van der Waals surface area contributed by atoms with Crippen LogP contribution in [0, 0.1) is 0 Å². The number of hydrogen-bond donors (Lipinski definition) is 0. The number of aromatic nitrogens is 4. The second-order valence-electron chi connectivity index (χ2n) is 5.30. The van der Waals surface area contributed by atoms with Crippen LogP contribution in [0.4, 0.5) is 0 Å². The van der Waals surface area contributed by atoms with Crippen LogP contribution in [0.3, 0.4) is 0 Å². The topological polar surface area (TPSA) is 61.5 Å². The van der Waals surface area contributed by atoms with E-state index in [-0.39, 0.29) is 0 Å². The van der Waals surface area contributed by atoms with Crippen LogP contribution in [0.15, 0.2) is 18.2 Å². The monoisotopic (exact) mass is 344 g/mol. The molecule has 6 nitrogen and oxygen atoms in total. The van der Waals surface area contributed by atoms with Gasteiger partial charge in [-0.2, -0.15) is 9.61 Å². The molecule has 7 heteroatoms. The summed E-state index contributed by atoms with van der Waals surface area (Å²) in [7, 11) is 3.26. The van der Waals surface area contributed by atoms with E-state index in [0.29, 0.717) is 11.5 Å². The van der Waals surface area contributed by atoms with Crippen LogP contribution in [-0.2, 0) is 6.42 Å². The first kappa shape index (κ1) is 16.4. The highest BCUT2D eigenvalue weighted by molar-refractivity contribution is 7.17. The summed E-state index contributed by atoms with van der Waals surface area (Å²) in [4.78, 5) is 0.827. The lowest BCUT2D eigenvalue weighted by molar-refractivity contribution is 0.355. The van der Waals surface area contributed by atoms with E-state index in [2.05, 4.69) is 22.2 Å². The van der Waals surface area contributed by atoms with Crippen LogP contribution in [0.5, 0.6) is 11.5 Å². The van der Waals surface area contributed by atoms with Crippen LogP contribution < -0.4 is 9.47 Å². The predicted octanol–water partition coefficient (Wildman–Crippen LogP) is 3.72. The quantitative estimate of drug-likeness (QED) is 0.654. The maximum atomic E-state index is 5.32. The standard InChI is InChI=1S/C17H20N4O2S/c1-4-5-6-15-18-19-17-21(15)20-16(24-17)10-8-12-7-9-13(22-2)14(11-12)23-3/h7-11H,4-6H2,1-3H3/b10-8+. The van der Waals surface area contributed by atoms with E-state index in [0.717, 1.165) is 40.6 Å². The van der Waals surface area contributed by atoms with Gasteiger partial charge in [0.1, 0.15) is 5.01 Å². The average molecular weight is 344 g/mol. The van der Waals surface area contributed by atoms with Gasteiger partial charge in [-0.05, 0) is 30.2 Å². The molecule has 0 N–H and O–H groups in total. The Labute approximate surface area is 144 Å². The number of benzene rings is 1. The molecule has 0 aliphatic heterocycles. The highest BCUT2D eigenvalue weighted by Crippen LogP contribution is 2.28. The molecular weight excluding hydrogens is 324 g/mol. The fourth-order valence-electron chi connectivity index (χ4n) is 2.35. The number of aryl methyl sites for hydroxylation is 1. The molecule has 1 aromatic carbocycles. The third-order valence-electron chi connectivity index (χ3n) is 3.65. The van der Waals surface area contributed by atoms with Crippen LogP contribution in [0.1, 0.15) is 36.2 Å². The van der Waals surface area contributed by atoms with E-state index >= 15 is 0 Å². The van der Waals surface area contributed by atoms with E-state index in [1.54, 1.807) is 14.2 Å². The Kier molecular flexibility index (Phi) is 5.10. The van der Waals surface area contributed by atoms with E-state index < -0.39 is 0 Å². The molecule has 0 aliphatic rings. The molecule has 0 bridgehead atoms. The first-order valence-electron chi connectivity index (χ1n) is 7.86. The van der Waals surface area contributed by atoms with Gasteiger partial charge in [0, 0.05) is 6.42 Å². The van der Waals surface area contributed by atoms with Crippen molar-refractivity contribution in [1.29, 1.82) is 0 Å². The number of nitrogens with zero attached hydrogens (tertiary/aromatic N) is 4. The Bertz CT molecular complexity index is 854. The molecule has 0 aliphatic carbocycles. The Balaban J connectivity index is 1.81. The van der Waals surface area contributed by atoms with Gasteiger partial charge < -0.3 is 9.47 Å². The van der Waals surface area contributed by atoms with Gasteiger partial charge in [-0.1, -0.05) is 36.8 Å². The maximum absolute atomic E-state index is 5.32. The molecule has 2 heterocycles. The van der Waals surface area contributed by atoms with Crippen LogP contribution in [0.2, 0.25) is 0 Å². The van der Waals surface area contributed by atoms with Gasteiger partial charge in [-0.3, -0.25) is 0 Å². The zero-order chi connectivity index (χ0) is 16.9. The van der Waals surface area contributed by atoms with Gasteiger partial charge >= 0.3 is 0 Å². The van der Waals surface area contributed by atoms with Crippen molar-refractivity contribution in [2.24, 2.45) is 0 Å². The van der Waals surface area contributed by atoms with Crippen molar-refractivity contribution < 1.29 is 9.47 Å². The molecule has 3 aromatic rings. The first-order valence-corrected chi connectivity index (χ1v) is 8.68. The van der Waals surface area contributed by atoms with Gasteiger partial charge in [0.15, 0.2) is 17.3 Å². The highest BCUT2D eigenvalue weighted by Gasteiger charge is 2.10. The van der Waals surface area contributed by atoms with Crippen molar-refractivity contribution in [3.8, 4) is 11.5 Å². The van der Waals surface area contributed by atoms with Crippen molar-refractivity contribution in [2.75, 3.05) is 14.2 Å². The molecule has 0 saturated carbocycles. The zero-order valence-electron chi connectivity index (χ0n) is 14.0. The molecule has 0 spiro atoms. The summed E-state index contributed by atoms with van der Waals surface area (Å²) < 4.78 is 12.4. The molecule has 2 aromatic heterocycles. The molecule has 3 rings (SSSR count). The van der Waals surface area contributed by atoms with Gasteiger partial charge in [0.05, 0.1) is 14.2 Å². The van der Waals surface area contributed by atoms with Crippen molar-refractivity contribution in [3.63, 3.8) is 0 Å². The largest absolute Gasteiger partial charge is 0.493 e. The minimum Gasteiger partial charge on any atom is -0.493 e. The fourth-order valence-corrected chi connectivity index (χ4v) is 3.11. The van der Waals surface area contributed by atoms with Crippen molar-refractivity contribution in [1.82, 2.24) is 19.8 Å². The second kappa shape index (κ2) is 7.44. The maximum Gasteiger partial charge on any atom is 0.234 e. The SMILES string of the molecule is CCCCc1nnc2sc(/C=C/c3ccc(OC)c(OC)c3)nn12. The lowest BCUT2D eigenvalue weighted by atomic mass is 10.2. The van der Waals surface area contributed by atoms with E-state index in [1.165, 1.54) is 11.3 Å². The van der Waals surface area contributed by atoms with Crippen molar-refractivity contribution in [2.45, 2.75) is 26.2 Å². The number of unbranched alkanes of at least 4 members (excludes halogenated alkanes) is 1. The molecule has 0 unspecified atom stereocenters. The lowest BCUT2D eigenvalue weighted by Crippen LogP contribution is -1.95. The number of fused-ring (bicyclic) bond motifs is 1. The predicted molar refractivity (Wildman–Crippen MR) is 95.7 cm³/mol. The number of rotatable bonds is 7. The Hall–Kier alpha value is -2.41. The van der Waals surface area contributed by atoms with Crippen LogP contribution >= 0.6 is 11.3 Å². The lowest BCUT2D eigenvalue weighted by Gasteiger charge is -2.07. The van der Waals surface area contributed by atoms with E-state index in [9.17, 15) is 0 Å². The highest BCUT2D eigenvalue weighted by atomic mass is 32.1. The summed E-state index contributed by atoms with van der Waals surface area (Å²) in [5.74, 6) is 2.35. The molecule has 0 radical (unpaired) electrons. The fraction of sp³-hybridized carbons (Fsp3) is 0.353. The second-order valence-corrected chi connectivity index (χ2v) is 6.29. The Morgan fingerprint density at radius 2 is 1.96 bits per heavy atom. The summed E-state index contributed by atoms with van der Waals surface area (Å²) in [5, 5.41) is 13.9. The van der Waals surface area contributed by atoms with Crippen molar-refractivity contribution in [3.05, 3.63) is 34.6 Å². The summed E-state index contributed by atoms with van der Waals surface area (Å²) in [6, 6.07) is 5.80. The molecule has 0 amide bonds. The van der Waals surface area contributed by atoms with Crippen molar-refractivity contribution >= 4 is 28.4 Å². The molecule has 0 atom stereocenters. The van der Waals surface area contributed by atoms with Gasteiger partial charge in [-0.15, -0.1) is 10.2 Å². The van der Waals surface area contributed by atoms with Crippen LogP contribution in [0.25, 0.3) is 17.1 Å². The smallest absolute Gasteiger partial charge is 0.234 e. The summed E-state index contributed by atoms with van der Waals surface area (Å²) in [5.41, 5.74) is 1.02. The third-order valence-corrected chi connectivity index (χ3v) is 4.51. The third kappa shape index (κ3) is 3.41. The summed E-state index contributed by atoms with van der Waals surface area (Å²) in [6.45, 7) is 2.16. The summed E-state index contributed by atoms with van der Waals surface area (Å²) in [6.07, 6.45) is 7.10. The van der Waals surface area contributed by atoms with E-state index in [1.807, 2.05) is 34.9 Å². The molecule has 0 saturated heterocycles. The van der Waals surface area contributed by atoms with Gasteiger partial charge in [0.2, 0.25) is 4.96 Å². The Morgan fingerprint density at radius 1 is 1.12 bits per heavy atom. The summed E-state index contributed by atoms with van der Waals surface area (Å²) >= 11 is 1.52. The number of methoxy groups -OCH3 is 2.